The highest BCUT2D eigenvalue weighted by Gasteiger charge is 2.30. The van der Waals surface area contributed by atoms with Crippen molar-refractivity contribution < 1.29 is 4.74 Å². The normalized spacial score (nSPS) is 16.1. The van der Waals surface area contributed by atoms with Crippen molar-refractivity contribution in [2.24, 2.45) is 5.73 Å². The third kappa shape index (κ3) is 3.21. The molecule has 1 aliphatic rings. The molecule has 2 aromatic rings. The van der Waals surface area contributed by atoms with Gasteiger partial charge in [0.1, 0.15) is 17.4 Å². The van der Waals surface area contributed by atoms with E-state index >= 15 is 0 Å². The van der Waals surface area contributed by atoms with Crippen LogP contribution in [-0.2, 0) is 0 Å². The van der Waals surface area contributed by atoms with Crippen LogP contribution in [0.1, 0.15) is 17.0 Å². The van der Waals surface area contributed by atoms with Crippen molar-refractivity contribution in [3.63, 3.8) is 0 Å². The van der Waals surface area contributed by atoms with Gasteiger partial charge in [0.25, 0.3) is 0 Å². The van der Waals surface area contributed by atoms with Gasteiger partial charge in [-0.1, -0.05) is 31.4 Å². The Morgan fingerprint density at radius 2 is 2.19 bits per heavy atom. The molecule has 0 bridgehead atoms. The molecule has 2 heterocycles. The number of ether oxygens (including phenoxy) is 1. The number of allylic oxidation sites excluding steroid dienone is 4. The topological polar surface area (TPSA) is 84.0 Å². The zero-order valence-corrected chi connectivity index (χ0v) is 14.1. The van der Waals surface area contributed by atoms with E-state index in [4.69, 9.17) is 10.5 Å². The summed E-state index contributed by atoms with van der Waals surface area (Å²) in [5, 5.41) is 12.8. The van der Waals surface area contributed by atoms with Gasteiger partial charge in [0, 0.05) is 35.4 Å². The molecule has 128 valence electrons. The molecule has 1 aromatic heterocycles. The fraction of sp³-hybridized carbons (Fsp3) is 0.0476. The minimum atomic E-state index is -0.311. The van der Waals surface area contributed by atoms with Gasteiger partial charge in [0.05, 0.1) is 5.92 Å². The Kier molecular flexibility index (Phi) is 4.86. The molecule has 26 heavy (non-hydrogen) atoms. The summed E-state index contributed by atoms with van der Waals surface area (Å²) in [4.78, 5) is 4.16. The van der Waals surface area contributed by atoms with Gasteiger partial charge in [-0.05, 0) is 29.8 Å². The number of aromatic nitrogens is 1. The molecule has 0 fully saturated rings. The van der Waals surface area contributed by atoms with Gasteiger partial charge in [-0.2, -0.15) is 5.26 Å². The van der Waals surface area contributed by atoms with Crippen molar-refractivity contribution in [3.8, 4) is 11.8 Å². The number of nitrogens with zero attached hydrogens (tertiary/aromatic N) is 2. The fourth-order valence-corrected chi connectivity index (χ4v) is 2.88. The van der Waals surface area contributed by atoms with Gasteiger partial charge < -0.3 is 15.8 Å². The van der Waals surface area contributed by atoms with Gasteiger partial charge in [-0.3, -0.25) is 4.98 Å². The van der Waals surface area contributed by atoms with Crippen molar-refractivity contribution in [2.45, 2.75) is 5.92 Å². The number of hydrogen-bond acceptors (Lipinski definition) is 5. The van der Waals surface area contributed by atoms with E-state index in [-0.39, 0.29) is 11.8 Å². The number of nitriles is 1. The van der Waals surface area contributed by atoms with E-state index in [1.165, 1.54) is 0 Å². The molecule has 0 spiro atoms. The van der Waals surface area contributed by atoms with Crippen molar-refractivity contribution in [1.29, 1.82) is 5.26 Å². The molecule has 1 unspecified atom stereocenters. The van der Waals surface area contributed by atoms with Crippen LogP contribution in [0.25, 0.3) is 0 Å². The van der Waals surface area contributed by atoms with Gasteiger partial charge in [0.15, 0.2) is 0 Å². The summed E-state index contributed by atoms with van der Waals surface area (Å²) in [5.41, 5.74) is 9.76. The lowest BCUT2D eigenvalue weighted by molar-refractivity contribution is 0.394. The molecule has 5 heteroatoms. The van der Waals surface area contributed by atoms with Crippen LogP contribution in [0.3, 0.4) is 0 Å². The van der Waals surface area contributed by atoms with Gasteiger partial charge in [-0.25, -0.2) is 0 Å². The predicted octanol–water partition coefficient (Wildman–Crippen LogP) is 3.97. The minimum Gasteiger partial charge on any atom is -0.440 e. The van der Waals surface area contributed by atoms with E-state index in [1.54, 1.807) is 24.5 Å². The smallest absolute Gasteiger partial charge is 0.205 e. The minimum absolute atomic E-state index is 0.108. The summed E-state index contributed by atoms with van der Waals surface area (Å²) < 4.78 is 5.71. The first-order valence-electron chi connectivity index (χ1n) is 8.01. The zero-order valence-electron chi connectivity index (χ0n) is 14.1. The molecular formula is C21H18N4O. The molecule has 0 saturated carbocycles. The molecule has 0 radical (unpaired) electrons. The number of hydrogen-bond donors (Lipinski definition) is 2. The van der Waals surface area contributed by atoms with Crippen LogP contribution in [0.5, 0.6) is 5.75 Å². The van der Waals surface area contributed by atoms with Crippen LogP contribution in [0.4, 0.5) is 5.69 Å². The quantitative estimate of drug-likeness (QED) is 0.803. The second kappa shape index (κ2) is 7.41. The maximum absolute atomic E-state index is 9.55. The van der Waals surface area contributed by atoms with Crippen LogP contribution in [0.15, 0.2) is 91.3 Å². The number of fused-ring (bicyclic) bond motifs is 1. The first kappa shape index (κ1) is 17.1. The highest BCUT2D eigenvalue weighted by molar-refractivity contribution is 5.62. The van der Waals surface area contributed by atoms with Gasteiger partial charge >= 0.3 is 0 Å². The molecule has 1 aliphatic heterocycles. The lowest BCUT2D eigenvalue weighted by Crippen LogP contribution is -2.21. The van der Waals surface area contributed by atoms with E-state index < -0.39 is 0 Å². The molecular weight excluding hydrogens is 324 g/mol. The predicted molar refractivity (Wildman–Crippen MR) is 102 cm³/mol. The Labute approximate surface area is 152 Å². The number of nitrogens with one attached hydrogen (secondary N) is 1. The highest BCUT2D eigenvalue weighted by atomic mass is 16.5. The number of rotatable bonds is 5. The largest absolute Gasteiger partial charge is 0.440 e. The summed E-state index contributed by atoms with van der Waals surface area (Å²) >= 11 is 0. The molecule has 5 nitrogen and oxygen atoms in total. The summed E-state index contributed by atoms with van der Waals surface area (Å²) in [5.74, 6) is 0.396. The van der Waals surface area contributed by atoms with Crippen molar-refractivity contribution in [3.05, 3.63) is 102 Å². The van der Waals surface area contributed by atoms with E-state index in [0.717, 1.165) is 22.5 Å². The number of benzene rings is 1. The summed E-state index contributed by atoms with van der Waals surface area (Å²) in [6.07, 6.45) is 8.62. The van der Waals surface area contributed by atoms with Crippen LogP contribution >= 0.6 is 0 Å². The molecule has 3 rings (SSSR count). The third-order valence-corrected chi connectivity index (χ3v) is 4.04. The van der Waals surface area contributed by atoms with E-state index in [0.29, 0.717) is 11.3 Å². The van der Waals surface area contributed by atoms with Crippen molar-refractivity contribution >= 4 is 5.69 Å². The first-order chi connectivity index (χ1) is 12.7. The lowest BCUT2D eigenvalue weighted by Gasteiger charge is -2.26. The van der Waals surface area contributed by atoms with Crippen LogP contribution in [-0.4, -0.2) is 4.98 Å². The third-order valence-electron chi connectivity index (χ3n) is 4.04. The Bertz CT molecular complexity index is 952. The second-order valence-electron chi connectivity index (χ2n) is 5.65. The monoisotopic (exact) mass is 342 g/mol. The van der Waals surface area contributed by atoms with Gasteiger partial charge in [0.2, 0.25) is 5.88 Å². The van der Waals surface area contributed by atoms with E-state index in [2.05, 4.69) is 29.5 Å². The molecule has 1 atom stereocenters. The standard InChI is InChI=1S/C21H18N4O/c1-3-6-15(4-2)25-16-8-9-17-19(11-16)26-21(23)18(12-22)20(17)14-7-5-10-24-13-14/h3-11,13,20,25H,1-2,23H2/b15-6+. The Morgan fingerprint density at radius 1 is 1.35 bits per heavy atom. The Hall–Kier alpha value is -3.78. The van der Waals surface area contributed by atoms with Crippen molar-refractivity contribution in [2.75, 3.05) is 5.32 Å². The second-order valence-corrected chi connectivity index (χ2v) is 5.65. The Morgan fingerprint density at radius 3 is 2.85 bits per heavy atom. The molecule has 3 N–H and O–H groups in total. The zero-order chi connectivity index (χ0) is 18.5. The molecule has 0 saturated heterocycles. The summed E-state index contributed by atoms with van der Waals surface area (Å²) in [6, 6.07) is 11.6. The van der Waals surface area contributed by atoms with Crippen LogP contribution < -0.4 is 15.8 Å². The van der Waals surface area contributed by atoms with E-state index in [9.17, 15) is 5.26 Å². The average Bonchev–Trinajstić information content (AvgIpc) is 2.67. The Balaban J connectivity index is 2.05. The first-order valence-corrected chi connectivity index (χ1v) is 8.01. The molecule has 1 aromatic carbocycles. The van der Waals surface area contributed by atoms with Crippen LogP contribution in [0.2, 0.25) is 0 Å². The SMILES string of the molecule is C=C/C=C(\C=C)Nc1ccc2c(c1)OC(N)=C(C#N)C2c1cccnc1. The number of anilines is 1. The summed E-state index contributed by atoms with van der Waals surface area (Å²) in [7, 11) is 0. The average molecular weight is 342 g/mol. The number of pyridine rings is 1. The number of nitrogens with two attached hydrogens (primary N) is 1. The summed E-state index contributed by atoms with van der Waals surface area (Å²) in [6.45, 7) is 7.45. The molecule has 0 amide bonds. The van der Waals surface area contributed by atoms with Crippen molar-refractivity contribution in [1.82, 2.24) is 4.98 Å². The highest BCUT2D eigenvalue weighted by Crippen LogP contribution is 2.42. The molecule has 0 aliphatic carbocycles. The van der Waals surface area contributed by atoms with Crippen LogP contribution in [0, 0.1) is 11.3 Å². The van der Waals surface area contributed by atoms with Gasteiger partial charge in [-0.15, -0.1) is 0 Å². The maximum atomic E-state index is 9.55. The van der Waals surface area contributed by atoms with E-state index in [1.807, 2.05) is 36.4 Å². The maximum Gasteiger partial charge on any atom is 0.205 e. The lowest BCUT2D eigenvalue weighted by atomic mass is 9.84. The fourth-order valence-electron chi connectivity index (χ4n) is 2.88.